The fourth-order valence-corrected chi connectivity index (χ4v) is 4.68. The van der Waals surface area contributed by atoms with Crippen LogP contribution in [0.4, 0.5) is 18.9 Å². The molecular formula is C15H18ClF3N2O3S. The zero-order valence-corrected chi connectivity index (χ0v) is 15.0. The second-order valence-corrected chi connectivity index (χ2v) is 8.42. The van der Waals surface area contributed by atoms with Gasteiger partial charge in [0.25, 0.3) is 0 Å². The van der Waals surface area contributed by atoms with Gasteiger partial charge in [-0.3, -0.25) is 4.79 Å². The van der Waals surface area contributed by atoms with Gasteiger partial charge in [0.05, 0.1) is 34.3 Å². The van der Waals surface area contributed by atoms with Crippen molar-refractivity contribution in [1.29, 1.82) is 0 Å². The average molecular weight is 399 g/mol. The van der Waals surface area contributed by atoms with Crippen LogP contribution in [-0.2, 0) is 20.8 Å². The van der Waals surface area contributed by atoms with E-state index in [1.54, 1.807) is 6.92 Å². The zero-order valence-electron chi connectivity index (χ0n) is 13.4. The Morgan fingerprint density at radius 2 is 2.08 bits per heavy atom. The van der Waals surface area contributed by atoms with Crippen LogP contribution in [0.2, 0.25) is 5.02 Å². The summed E-state index contributed by atoms with van der Waals surface area (Å²) in [5.74, 6) is -0.441. The second-order valence-electron chi connectivity index (χ2n) is 5.78. The van der Waals surface area contributed by atoms with Gasteiger partial charge in [0.2, 0.25) is 5.91 Å². The fourth-order valence-electron chi connectivity index (χ4n) is 2.77. The third-order valence-electron chi connectivity index (χ3n) is 4.03. The van der Waals surface area contributed by atoms with Gasteiger partial charge < -0.3 is 10.2 Å². The lowest BCUT2D eigenvalue weighted by Gasteiger charge is -2.27. The van der Waals surface area contributed by atoms with Crippen molar-refractivity contribution < 1.29 is 26.4 Å². The zero-order chi connectivity index (χ0) is 18.8. The highest BCUT2D eigenvalue weighted by atomic mass is 35.5. The molecule has 1 unspecified atom stereocenters. The summed E-state index contributed by atoms with van der Waals surface area (Å²) in [5.41, 5.74) is -0.874. The largest absolute Gasteiger partial charge is 0.416 e. The first-order valence-electron chi connectivity index (χ1n) is 7.64. The number of alkyl halides is 3. The predicted molar refractivity (Wildman–Crippen MR) is 89.4 cm³/mol. The number of hydrogen-bond acceptors (Lipinski definition) is 4. The summed E-state index contributed by atoms with van der Waals surface area (Å²) >= 11 is 5.87. The van der Waals surface area contributed by atoms with Crippen molar-refractivity contribution in [2.24, 2.45) is 0 Å². The Labute approximate surface area is 149 Å². The highest BCUT2D eigenvalue weighted by Gasteiger charge is 2.34. The maximum absolute atomic E-state index is 12.8. The van der Waals surface area contributed by atoms with Crippen LogP contribution in [0.3, 0.4) is 0 Å². The highest BCUT2D eigenvalue weighted by Crippen LogP contribution is 2.33. The number of likely N-dealkylation sites (N-methyl/N-ethyl adjacent to an activating group) is 1. The van der Waals surface area contributed by atoms with E-state index in [1.807, 2.05) is 0 Å². The number of amides is 1. The number of carbonyl (C=O) groups excluding carboxylic acids is 1. The summed E-state index contributed by atoms with van der Waals surface area (Å²) in [5, 5.41) is 2.67. The number of carbonyl (C=O) groups is 1. The van der Waals surface area contributed by atoms with Crippen molar-refractivity contribution >= 4 is 33.0 Å². The van der Waals surface area contributed by atoms with Crippen molar-refractivity contribution in [1.82, 2.24) is 4.90 Å². The molecule has 2 rings (SSSR count). The molecule has 5 nitrogen and oxygen atoms in total. The van der Waals surface area contributed by atoms with E-state index >= 15 is 0 Å². The molecular weight excluding hydrogens is 381 g/mol. The minimum absolute atomic E-state index is 0.0000572. The van der Waals surface area contributed by atoms with E-state index in [0.29, 0.717) is 13.0 Å². The first-order chi connectivity index (χ1) is 11.5. The van der Waals surface area contributed by atoms with Crippen molar-refractivity contribution in [3.05, 3.63) is 28.8 Å². The summed E-state index contributed by atoms with van der Waals surface area (Å²) in [6, 6.07) is 2.41. The molecule has 1 fully saturated rings. The monoisotopic (exact) mass is 398 g/mol. The summed E-state index contributed by atoms with van der Waals surface area (Å²) in [7, 11) is -3.14. The van der Waals surface area contributed by atoms with Crippen LogP contribution in [-0.4, -0.2) is 49.9 Å². The summed E-state index contributed by atoms with van der Waals surface area (Å²) in [6.07, 6.45) is -4.15. The van der Waals surface area contributed by atoms with Gasteiger partial charge in [0, 0.05) is 12.6 Å². The molecule has 10 heteroatoms. The molecule has 1 aliphatic heterocycles. The van der Waals surface area contributed by atoms with Crippen LogP contribution < -0.4 is 5.32 Å². The first kappa shape index (κ1) is 19.8. The maximum atomic E-state index is 12.8. The Bertz CT molecular complexity index is 753. The van der Waals surface area contributed by atoms with Crippen LogP contribution in [0.5, 0.6) is 0 Å². The topological polar surface area (TPSA) is 66.5 Å². The quantitative estimate of drug-likeness (QED) is 0.828. The van der Waals surface area contributed by atoms with E-state index in [9.17, 15) is 26.4 Å². The number of sulfone groups is 1. The number of anilines is 1. The van der Waals surface area contributed by atoms with Gasteiger partial charge in [-0.2, -0.15) is 13.2 Å². The van der Waals surface area contributed by atoms with Crippen molar-refractivity contribution in [3.8, 4) is 0 Å². The third kappa shape index (κ3) is 5.01. The molecule has 1 aromatic carbocycles. The van der Waals surface area contributed by atoms with E-state index in [4.69, 9.17) is 11.6 Å². The Morgan fingerprint density at radius 1 is 1.40 bits per heavy atom. The second kappa shape index (κ2) is 7.41. The number of nitrogens with zero attached hydrogens (tertiary/aromatic N) is 1. The molecule has 0 radical (unpaired) electrons. The molecule has 0 aromatic heterocycles. The summed E-state index contributed by atoms with van der Waals surface area (Å²) in [4.78, 5) is 13.8. The van der Waals surface area contributed by atoms with E-state index in [2.05, 4.69) is 5.32 Å². The molecule has 0 bridgehead atoms. The third-order valence-corrected chi connectivity index (χ3v) is 6.11. The lowest BCUT2D eigenvalue weighted by atomic mass is 10.2. The van der Waals surface area contributed by atoms with Crippen molar-refractivity contribution in [2.75, 3.05) is 29.9 Å². The van der Waals surface area contributed by atoms with Crippen molar-refractivity contribution in [3.63, 3.8) is 0 Å². The Kier molecular flexibility index (Phi) is 5.88. The van der Waals surface area contributed by atoms with E-state index in [-0.39, 0.29) is 28.8 Å². The van der Waals surface area contributed by atoms with E-state index in [0.717, 1.165) is 18.2 Å². The molecule has 1 N–H and O–H groups in total. The molecule has 1 heterocycles. The lowest BCUT2D eigenvalue weighted by Crippen LogP contribution is -2.43. The standard InChI is InChI=1S/C15H18ClF3N2O3S/c1-2-21(11-5-6-25(23,24)9-11)14(22)8-20-13-7-10(15(17,18)19)3-4-12(13)16/h3-4,7,11,20H,2,5-6,8-9H2,1H3. The van der Waals surface area contributed by atoms with Crippen LogP contribution in [0.25, 0.3) is 0 Å². The van der Waals surface area contributed by atoms with Crippen LogP contribution in [0, 0.1) is 0 Å². The maximum Gasteiger partial charge on any atom is 0.416 e. The molecule has 0 aliphatic carbocycles. The molecule has 1 saturated heterocycles. The number of rotatable bonds is 5. The molecule has 0 spiro atoms. The Hall–Kier alpha value is -1.48. The van der Waals surface area contributed by atoms with Crippen molar-refractivity contribution in [2.45, 2.75) is 25.6 Å². The molecule has 1 atom stereocenters. The number of hydrogen-bond donors (Lipinski definition) is 1. The van der Waals surface area contributed by atoms with Gasteiger partial charge in [-0.15, -0.1) is 0 Å². The highest BCUT2D eigenvalue weighted by molar-refractivity contribution is 7.91. The van der Waals surface area contributed by atoms with Gasteiger partial charge >= 0.3 is 6.18 Å². The summed E-state index contributed by atoms with van der Waals surface area (Å²) < 4.78 is 61.4. The van der Waals surface area contributed by atoms with E-state index < -0.39 is 33.5 Å². The fraction of sp³-hybridized carbons (Fsp3) is 0.533. The molecule has 0 saturated carbocycles. The van der Waals surface area contributed by atoms with Gasteiger partial charge in [-0.1, -0.05) is 11.6 Å². The molecule has 1 aromatic rings. The lowest BCUT2D eigenvalue weighted by molar-refractivity contribution is -0.137. The van der Waals surface area contributed by atoms with Gasteiger partial charge in [0.1, 0.15) is 0 Å². The number of halogens is 4. The first-order valence-corrected chi connectivity index (χ1v) is 9.84. The van der Waals surface area contributed by atoms with Crippen LogP contribution >= 0.6 is 11.6 Å². The van der Waals surface area contributed by atoms with E-state index in [1.165, 1.54) is 4.90 Å². The average Bonchev–Trinajstić information content (AvgIpc) is 2.86. The Balaban J connectivity index is 2.06. The van der Waals surface area contributed by atoms with Gasteiger partial charge in [-0.05, 0) is 31.5 Å². The SMILES string of the molecule is CCN(C(=O)CNc1cc(C(F)(F)F)ccc1Cl)C1CCS(=O)(=O)C1. The Morgan fingerprint density at radius 3 is 2.60 bits per heavy atom. The minimum Gasteiger partial charge on any atom is -0.375 e. The predicted octanol–water partition coefficient (Wildman–Crippen LogP) is 2.81. The smallest absolute Gasteiger partial charge is 0.375 e. The number of nitrogens with one attached hydrogen (secondary N) is 1. The van der Waals surface area contributed by atoms with Gasteiger partial charge in [0.15, 0.2) is 9.84 Å². The van der Waals surface area contributed by atoms with Gasteiger partial charge in [-0.25, -0.2) is 8.42 Å². The van der Waals surface area contributed by atoms with Crippen LogP contribution in [0.1, 0.15) is 18.9 Å². The molecule has 140 valence electrons. The minimum atomic E-state index is -4.52. The normalized spacial score (nSPS) is 19.6. The molecule has 1 amide bonds. The van der Waals surface area contributed by atoms with Crippen LogP contribution in [0.15, 0.2) is 18.2 Å². The summed E-state index contributed by atoms with van der Waals surface area (Å²) in [6.45, 7) is 1.77. The molecule has 25 heavy (non-hydrogen) atoms. The number of benzene rings is 1. The molecule has 1 aliphatic rings.